The largest absolute Gasteiger partial charge is 0.325 e. The summed E-state index contributed by atoms with van der Waals surface area (Å²) >= 11 is 0. The van der Waals surface area contributed by atoms with Crippen LogP contribution in [0.3, 0.4) is 0 Å². The first-order valence-electron chi connectivity index (χ1n) is 7.56. The van der Waals surface area contributed by atoms with Crippen molar-refractivity contribution in [2.24, 2.45) is 5.14 Å². The molecule has 122 valence electrons. The van der Waals surface area contributed by atoms with Crippen LogP contribution in [0.15, 0.2) is 29.2 Å². The smallest absolute Gasteiger partial charge is 0.241 e. The second kappa shape index (κ2) is 7.21. The van der Waals surface area contributed by atoms with E-state index in [9.17, 15) is 13.2 Å². The van der Waals surface area contributed by atoms with Gasteiger partial charge in [-0.25, -0.2) is 13.6 Å². The Hall–Kier alpha value is -1.44. The van der Waals surface area contributed by atoms with Crippen molar-refractivity contribution in [1.29, 1.82) is 0 Å². The van der Waals surface area contributed by atoms with E-state index in [1.165, 1.54) is 25.0 Å². The molecular formula is C15H23N3O3S. The molecule has 1 heterocycles. The Kier molecular flexibility index (Phi) is 5.55. The number of hydrogen-bond donors (Lipinski definition) is 2. The van der Waals surface area contributed by atoms with E-state index in [0.29, 0.717) is 5.69 Å². The minimum atomic E-state index is -3.77. The highest BCUT2D eigenvalue weighted by atomic mass is 32.2. The molecule has 0 bridgehead atoms. The number of carbonyl (C=O) groups excluding carboxylic acids is 1. The number of primary sulfonamides is 1. The van der Waals surface area contributed by atoms with Crippen molar-refractivity contribution in [3.63, 3.8) is 0 Å². The summed E-state index contributed by atoms with van der Waals surface area (Å²) in [7, 11) is -3.77. The molecule has 6 nitrogen and oxygen atoms in total. The van der Waals surface area contributed by atoms with Crippen molar-refractivity contribution in [2.75, 3.05) is 18.4 Å². The van der Waals surface area contributed by atoms with Gasteiger partial charge in [0.15, 0.2) is 0 Å². The summed E-state index contributed by atoms with van der Waals surface area (Å²) in [6.07, 6.45) is 4.64. The average Bonchev–Trinajstić information content (AvgIpc) is 2.75. The van der Waals surface area contributed by atoms with Gasteiger partial charge in [0.25, 0.3) is 0 Å². The molecule has 7 heteroatoms. The molecule has 22 heavy (non-hydrogen) atoms. The summed E-state index contributed by atoms with van der Waals surface area (Å²) in [5.41, 5.74) is 0.443. The van der Waals surface area contributed by atoms with Gasteiger partial charge >= 0.3 is 0 Å². The number of anilines is 1. The molecular weight excluding hydrogens is 302 g/mol. The first kappa shape index (κ1) is 16.9. The van der Waals surface area contributed by atoms with Gasteiger partial charge in [-0.1, -0.05) is 18.9 Å². The summed E-state index contributed by atoms with van der Waals surface area (Å²) in [6, 6.07) is 5.76. The van der Waals surface area contributed by atoms with Crippen molar-refractivity contribution >= 4 is 21.6 Å². The highest BCUT2D eigenvalue weighted by molar-refractivity contribution is 7.89. The van der Waals surface area contributed by atoms with E-state index >= 15 is 0 Å². The van der Waals surface area contributed by atoms with Crippen LogP contribution in [0.2, 0.25) is 0 Å². The molecule has 0 aromatic heterocycles. The monoisotopic (exact) mass is 325 g/mol. The summed E-state index contributed by atoms with van der Waals surface area (Å²) < 4.78 is 22.7. The van der Waals surface area contributed by atoms with E-state index in [-0.39, 0.29) is 16.8 Å². The van der Waals surface area contributed by atoms with Crippen molar-refractivity contribution in [1.82, 2.24) is 4.90 Å². The lowest BCUT2D eigenvalue weighted by Gasteiger charge is -2.26. The van der Waals surface area contributed by atoms with E-state index in [1.807, 2.05) is 6.92 Å². The Labute approximate surface area is 131 Å². The van der Waals surface area contributed by atoms with Crippen LogP contribution in [0, 0.1) is 0 Å². The molecule has 1 aliphatic rings. The zero-order chi connectivity index (χ0) is 16.2. The number of nitrogens with two attached hydrogens (primary N) is 1. The number of nitrogens with one attached hydrogen (secondary N) is 1. The van der Waals surface area contributed by atoms with Gasteiger partial charge in [0, 0.05) is 5.69 Å². The molecule has 1 aliphatic heterocycles. The van der Waals surface area contributed by atoms with Crippen LogP contribution in [-0.4, -0.2) is 38.4 Å². The molecule has 1 aromatic carbocycles. The minimum Gasteiger partial charge on any atom is -0.325 e. The van der Waals surface area contributed by atoms with Gasteiger partial charge in [0.05, 0.1) is 10.9 Å². The molecule has 0 spiro atoms. The van der Waals surface area contributed by atoms with E-state index in [1.54, 1.807) is 12.1 Å². The first-order valence-corrected chi connectivity index (χ1v) is 9.10. The Morgan fingerprint density at radius 3 is 2.45 bits per heavy atom. The van der Waals surface area contributed by atoms with Crippen LogP contribution in [0.5, 0.6) is 0 Å². The molecule has 1 fully saturated rings. The van der Waals surface area contributed by atoms with Crippen LogP contribution in [0.1, 0.15) is 32.6 Å². The Bertz CT molecular complexity index is 623. The van der Waals surface area contributed by atoms with Gasteiger partial charge in [-0.3, -0.25) is 9.69 Å². The second-order valence-corrected chi connectivity index (χ2v) is 7.25. The van der Waals surface area contributed by atoms with Crippen LogP contribution in [0.4, 0.5) is 5.69 Å². The molecule has 2 rings (SSSR count). The fourth-order valence-corrected chi connectivity index (χ4v) is 3.21. The quantitative estimate of drug-likeness (QED) is 0.878. The Morgan fingerprint density at radius 2 is 1.86 bits per heavy atom. The maximum Gasteiger partial charge on any atom is 0.241 e. The predicted molar refractivity (Wildman–Crippen MR) is 85.9 cm³/mol. The molecule has 3 N–H and O–H groups in total. The summed E-state index contributed by atoms with van der Waals surface area (Å²) in [5.74, 6) is -0.131. The van der Waals surface area contributed by atoms with Crippen molar-refractivity contribution in [3.05, 3.63) is 24.3 Å². The zero-order valence-corrected chi connectivity index (χ0v) is 13.6. The fraction of sp³-hybridized carbons (Fsp3) is 0.533. The molecule has 0 radical (unpaired) electrons. The van der Waals surface area contributed by atoms with Crippen molar-refractivity contribution in [2.45, 2.75) is 43.5 Å². The second-order valence-electron chi connectivity index (χ2n) is 5.69. The van der Waals surface area contributed by atoms with Crippen LogP contribution in [0.25, 0.3) is 0 Å². The minimum absolute atomic E-state index is 0.00674. The number of nitrogens with zero attached hydrogens (tertiary/aromatic N) is 1. The van der Waals surface area contributed by atoms with Gasteiger partial charge in [-0.15, -0.1) is 0 Å². The molecule has 1 amide bonds. The third-order valence-corrected chi connectivity index (χ3v) is 4.91. The van der Waals surface area contributed by atoms with Crippen molar-refractivity contribution < 1.29 is 13.2 Å². The molecule has 1 aromatic rings. The van der Waals surface area contributed by atoms with E-state index in [4.69, 9.17) is 5.14 Å². The maximum absolute atomic E-state index is 12.4. The molecule has 0 saturated carbocycles. The number of rotatable bonds is 4. The molecule has 1 atom stereocenters. The lowest BCUT2D eigenvalue weighted by Crippen LogP contribution is -2.42. The third-order valence-electron chi connectivity index (χ3n) is 4.00. The number of amides is 1. The zero-order valence-electron chi connectivity index (χ0n) is 12.8. The number of sulfonamides is 1. The third kappa shape index (κ3) is 4.53. The SMILES string of the molecule is C[C@H](C(=O)Nc1cccc(S(N)(=O)=O)c1)N1CCCCCC1. The molecule has 0 unspecified atom stereocenters. The highest BCUT2D eigenvalue weighted by Gasteiger charge is 2.22. The van der Waals surface area contributed by atoms with Crippen LogP contribution >= 0.6 is 0 Å². The lowest BCUT2D eigenvalue weighted by molar-refractivity contribution is -0.120. The van der Waals surface area contributed by atoms with Gasteiger partial charge in [0.1, 0.15) is 0 Å². The highest BCUT2D eigenvalue weighted by Crippen LogP contribution is 2.16. The van der Waals surface area contributed by atoms with Gasteiger partial charge in [-0.05, 0) is 51.1 Å². The van der Waals surface area contributed by atoms with E-state index in [0.717, 1.165) is 25.9 Å². The number of likely N-dealkylation sites (tertiary alicyclic amines) is 1. The maximum atomic E-state index is 12.4. The molecule has 1 saturated heterocycles. The standard InChI is InChI=1S/C15H23N3O3S/c1-12(18-9-4-2-3-5-10-18)15(19)17-13-7-6-8-14(11-13)22(16,20)21/h6-8,11-12H,2-5,9-10H2,1H3,(H,17,19)(H2,16,20,21)/t12-/m1/s1. The summed E-state index contributed by atoms with van der Waals surface area (Å²) in [5, 5.41) is 7.87. The van der Waals surface area contributed by atoms with E-state index < -0.39 is 10.0 Å². The summed E-state index contributed by atoms with van der Waals surface area (Å²) in [4.78, 5) is 14.5. The molecule has 0 aliphatic carbocycles. The fourth-order valence-electron chi connectivity index (χ4n) is 2.65. The normalized spacial score (nSPS) is 18.5. The Morgan fingerprint density at radius 1 is 1.23 bits per heavy atom. The first-order chi connectivity index (χ1) is 10.4. The van der Waals surface area contributed by atoms with Gasteiger partial charge < -0.3 is 5.32 Å². The average molecular weight is 325 g/mol. The Balaban J connectivity index is 2.05. The predicted octanol–water partition coefficient (Wildman–Crippen LogP) is 1.54. The number of benzene rings is 1. The topological polar surface area (TPSA) is 92.5 Å². The van der Waals surface area contributed by atoms with Crippen LogP contribution in [-0.2, 0) is 14.8 Å². The lowest BCUT2D eigenvalue weighted by atomic mass is 10.2. The van der Waals surface area contributed by atoms with Crippen LogP contribution < -0.4 is 10.5 Å². The van der Waals surface area contributed by atoms with Crippen molar-refractivity contribution in [3.8, 4) is 0 Å². The number of hydrogen-bond acceptors (Lipinski definition) is 4. The summed E-state index contributed by atoms with van der Waals surface area (Å²) in [6.45, 7) is 3.72. The van der Waals surface area contributed by atoms with Gasteiger partial charge in [0.2, 0.25) is 15.9 Å². The van der Waals surface area contributed by atoms with Gasteiger partial charge in [-0.2, -0.15) is 0 Å². The van der Waals surface area contributed by atoms with E-state index in [2.05, 4.69) is 10.2 Å². The number of carbonyl (C=O) groups is 1.